The van der Waals surface area contributed by atoms with Crippen molar-refractivity contribution in [2.45, 2.75) is 38.1 Å². The maximum atomic E-state index is 13.4. The summed E-state index contributed by atoms with van der Waals surface area (Å²) in [5.41, 5.74) is 6.97. The Bertz CT molecular complexity index is 1510. The standard InChI is InChI=1S/C28H26N4OS/c1-17-8-7-9-21(14-17)32-27(24-16-29-25-11-6-5-10-22(24)25)30-31-28(32)34-20(4)26(33)23-15-18(2)12-13-19(23)3/h5-16,20,29H,1-4H3/t20-/m0/s1. The van der Waals surface area contributed by atoms with E-state index in [2.05, 4.69) is 50.9 Å². The molecule has 6 heteroatoms. The van der Waals surface area contributed by atoms with E-state index in [1.54, 1.807) is 0 Å². The number of thioether (sulfide) groups is 1. The topological polar surface area (TPSA) is 63.6 Å². The number of para-hydroxylation sites is 1. The Morgan fingerprint density at radius 2 is 1.74 bits per heavy atom. The first-order valence-corrected chi connectivity index (χ1v) is 12.2. The maximum absolute atomic E-state index is 13.4. The summed E-state index contributed by atoms with van der Waals surface area (Å²) >= 11 is 1.44. The summed E-state index contributed by atoms with van der Waals surface area (Å²) in [5, 5.41) is 10.6. The van der Waals surface area contributed by atoms with Gasteiger partial charge in [0, 0.05) is 33.9 Å². The van der Waals surface area contributed by atoms with Crippen molar-refractivity contribution in [3.8, 4) is 17.1 Å². The summed E-state index contributed by atoms with van der Waals surface area (Å²) in [6, 6.07) is 22.4. The first-order valence-electron chi connectivity index (χ1n) is 11.3. The van der Waals surface area contributed by atoms with Crippen LogP contribution in [0.1, 0.15) is 34.0 Å². The predicted octanol–water partition coefficient (Wildman–Crippen LogP) is 6.70. The fourth-order valence-electron chi connectivity index (χ4n) is 4.21. The van der Waals surface area contributed by atoms with Gasteiger partial charge in [-0.05, 0) is 63.1 Å². The number of rotatable bonds is 6. The number of fused-ring (bicyclic) bond motifs is 1. The van der Waals surface area contributed by atoms with E-state index in [4.69, 9.17) is 0 Å². The van der Waals surface area contributed by atoms with Crippen molar-refractivity contribution in [2.75, 3.05) is 0 Å². The van der Waals surface area contributed by atoms with Gasteiger partial charge in [0.2, 0.25) is 0 Å². The van der Waals surface area contributed by atoms with Gasteiger partial charge < -0.3 is 4.98 Å². The third-order valence-electron chi connectivity index (χ3n) is 6.03. The number of hydrogen-bond acceptors (Lipinski definition) is 4. The minimum Gasteiger partial charge on any atom is -0.360 e. The lowest BCUT2D eigenvalue weighted by Crippen LogP contribution is -2.16. The van der Waals surface area contributed by atoms with Crippen LogP contribution in [0.3, 0.4) is 0 Å². The molecule has 0 amide bonds. The van der Waals surface area contributed by atoms with Gasteiger partial charge in [-0.15, -0.1) is 10.2 Å². The van der Waals surface area contributed by atoms with E-state index < -0.39 is 0 Å². The molecule has 170 valence electrons. The highest BCUT2D eigenvalue weighted by Crippen LogP contribution is 2.34. The van der Waals surface area contributed by atoms with Gasteiger partial charge in [-0.25, -0.2) is 0 Å². The van der Waals surface area contributed by atoms with E-state index in [1.165, 1.54) is 11.8 Å². The first-order chi connectivity index (χ1) is 16.4. The van der Waals surface area contributed by atoms with Gasteiger partial charge in [0.15, 0.2) is 16.8 Å². The Morgan fingerprint density at radius 1 is 0.941 bits per heavy atom. The third kappa shape index (κ3) is 4.05. The lowest BCUT2D eigenvalue weighted by atomic mass is 10.0. The number of carbonyl (C=O) groups excluding carboxylic acids is 1. The summed E-state index contributed by atoms with van der Waals surface area (Å²) < 4.78 is 2.06. The van der Waals surface area contributed by atoms with Gasteiger partial charge >= 0.3 is 0 Å². The van der Waals surface area contributed by atoms with Crippen LogP contribution in [-0.2, 0) is 0 Å². The highest BCUT2D eigenvalue weighted by Gasteiger charge is 2.24. The van der Waals surface area contributed by atoms with Crippen molar-refractivity contribution in [3.63, 3.8) is 0 Å². The van der Waals surface area contributed by atoms with Gasteiger partial charge in [0.25, 0.3) is 0 Å². The monoisotopic (exact) mass is 466 g/mol. The minimum absolute atomic E-state index is 0.0960. The molecule has 0 bridgehead atoms. The molecule has 34 heavy (non-hydrogen) atoms. The maximum Gasteiger partial charge on any atom is 0.196 e. The molecule has 5 aromatic rings. The fourth-order valence-corrected chi connectivity index (χ4v) is 5.14. The second kappa shape index (κ2) is 8.95. The van der Waals surface area contributed by atoms with Gasteiger partial charge in [0.05, 0.1) is 5.25 Å². The van der Waals surface area contributed by atoms with E-state index >= 15 is 0 Å². The normalized spacial score (nSPS) is 12.2. The number of hydrogen-bond donors (Lipinski definition) is 1. The van der Waals surface area contributed by atoms with Crippen molar-refractivity contribution >= 4 is 28.4 Å². The molecule has 0 aliphatic carbocycles. The van der Waals surface area contributed by atoms with Crippen LogP contribution in [0.15, 0.2) is 78.1 Å². The quantitative estimate of drug-likeness (QED) is 0.223. The molecule has 3 aromatic carbocycles. The van der Waals surface area contributed by atoms with E-state index in [1.807, 2.05) is 69.4 Å². The molecule has 5 nitrogen and oxygen atoms in total. The van der Waals surface area contributed by atoms with Crippen molar-refractivity contribution in [3.05, 3.63) is 95.2 Å². The lowest BCUT2D eigenvalue weighted by Gasteiger charge is -2.15. The summed E-state index contributed by atoms with van der Waals surface area (Å²) in [6.45, 7) is 8.00. The second-order valence-electron chi connectivity index (χ2n) is 8.67. The molecular formula is C28H26N4OS. The van der Waals surface area contributed by atoms with Gasteiger partial charge in [0.1, 0.15) is 0 Å². The number of Topliss-reactive ketones (excluding diaryl/α,β-unsaturated/α-hetero) is 1. The molecule has 0 aliphatic rings. The summed E-state index contributed by atoms with van der Waals surface area (Å²) in [6.07, 6.45) is 1.97. The molecule has 1 atom stereocenters. The van der Waals surface area contributed by atoms with Crippen LogP contribution in [-0.4, -0.2) is 30.8 Å². The average molecular weight is 467 g/mol. The molecule has 0 aliphatic heterocycles. The largest absolute Gasteiger partial charge is 0.360 e. The zero-order valence-corrected chi connectivity index (χ0v) is 20.5. The predicted molar refractivity (Wildman–Crippen MR) is 139 cm³/mol. The summed E-state index contributed by atoms with van der Waals surface area (Å²) in [7, 11) is 0. The molecular weight excluding hydrogens is 440 g/mol. The number of aromatic amines is 1. The van der Waals surface area contributed by atoms with Crippen molar-refractivity contribution < 1.29 is 4.79 Å². The van der Waals surface area contributed by atoms with Gasteiger partial charge in [-0.3, -0.25) is 9.36 Å². The fraction of sp³-hybridized carbons (Fsp3) is 0.179. The highest BCUT2D eigenvalue weighted by atomic mass is 32.2. The SMILES string of the molecule is Cc1cccc(-n2c(S[C@@H](C)C(=O)c3cc(C)ccc3C)nnc2-c2c[nH]c3ccccc23)c1. The smallest absolute Gasteiger partial charge is 0.196 e. The van der Waals surface area contributed by atoms with E-state index in [9.17, 15) is 4.79 Å². The van der Waals surface area contributed by atoms with E-state index in [0.29, 0.717) is 5.16 Å². The Kier molecular flexibility index (Phi) is 5.84. The van der Waals surface area contributed by atoms with Crippen molar-refractivity contribution in [1.29, 1.82) is 0 Å². The van der Waals surface area contributed by atoms with Crippen LogP contribution in [0.5, 0.6) is 0 Å². The lowest BCUT2D eigenvalue weighted by molar-refractivity contribution is 0.0993. The van der Waals surface area contributed by atoms with Crippen LogP contribution < -0.4 is 0 Å². The molecule has 0 spiro atoms. The molecule has 0 fully saturated rings. The van der Waals surface area contributed by atoms with E-state index in [-0.39, 0.29) is 11.0 Å². The van der Waals surface area contributed by atoms with E-state index in [0.717, 1.165) is 50.2 Å². The number of aryl methyl sites for hydroxylation is 3. The Morgan fingerprint density at radius 3 is 2.56 bits per heavy atom. The number of nitrogens with one attached hydrogen (secondary N) is 1. The van der Waals surface area contributed by atoms with Gasteiger partial charge in [-0.1, -0.05) is 59.8 Å². The Hall–Kier alpha value is -3.64. The van der Waals surface area contributed by atoms with Gasteiger partial charge in [-0.2, -0.15) is 0 Å². The number of ketones is 1. The van der Waals surface area contributed by atoms with Crippen LogP contribution in [0.4, 0.5) is 0 Å². The Balaban J connectivity index is 1.59. The number of aromatic nitrogens is 4. The number of carbonyl (C=O) groups is 1. The minimum atomic E-state index is -0.316. The average Bonchev–Trinajstić information content (AvgIpc) is 3.44. The third-order valence-corrected chi connectivity index (χ3v) is 7.08. The van der Waals surface area contributed by atoms with Crippen LogP contribution >= 0.6 is 11.8 Å². The summed E-state index contributed by atoms with van der Waals surface area (Å²) in [5.74, 6) is 0.843. The summed E-state index contributed by atoms with van der Waals surface area (Å²) in [4.78, 5) is 16.7. The zero-order valence-electron chi connectivity index (χ0n) is 19.7. The molecule has 0 unspecified atom stereocenters. The zero-order chi connectivity index (χ0) is 23.8. The molecule has 2 heterocycles. The Labute approximate surface area is 203 Å². The number of benzene rings is 3. The molecule has 0 saturated heterocycles. The molecule has 1 N–H and O–H groups in total. The first kappa shape index (κ1) is 22.2. The van der Waals surface area contributed by atoms with Crippen LogP contribution in [0, 0.1) is 20.8 Å². The number of H-pyrrole nitrogens is 1. The molecule has 0 saturated carbocycles. The van der Waals surface area contributed by atoms with Crippen LogP contribution in [0.25, 0.3) is 28.0 Å². The highest BCUT2D eigenvalue weighted by molar-refractivity contribution is 8.00. The van der Waals surface area contributed by atoms with Crippen molar-refractivity contribution in [2.24, 2.45) is 0 Å². The number of nitrogens with zero attached hydrogens (tertiary/aromatic N) is 3. The molecule has 0 radical (unpaired) electrons. The second-order valence-corrected chi connectivity index (χ2v) is 9.98. The molecule has 2 aromatic heterocycles. The van der Waals surface area contributed by atoms with Crippen molar-refractivity contribution in [1.82, 2.24) is 19.7 Å². The molecule has 5 rings (SSSR count). The van der Waals surface area contributed by atoms with Crippen LogP contribution in [0.2, 0.25) is 0 Å².